The molecule has 1 saturated carbocycles. The van der Waals surface area contributed by atoms with Crippen LogP contribution >= 0.6 is 24.0 Å². The van der Waals surface area contributed by atoms with E-state index in [0.717, 1.165) is 44.7 Å². The fourth-order valence-electron chi connectivity index (χ4n) is 2.54. The number of ether oxygens (including phenoxy) is 1. The molecule has 0 radical (unpaired) electrons. The third-order valence-corrected chi connectivity index (χ3v) is 4.03. The van der Waals surface area contributed by atoms with Crippen LogP contribution in [0.3, 0.4) is 0 Å². The monoisotopic (exact) mass is 396 g/mol. The molecule has 2 N–H and O–H groups in total. The summed E-state index contributed by atoms with van der Waals surface area (Å²) in [5.41, 5.74) is 0. The molecule has 2 rings (SSSR count). The Balaban J connectivity index is 0.00000200. The molecule has 1 saturated heterocycles. The van der Waals surface area contributed by atoms with Crippen molar-refractivity contribution in [1.29, 1.82) is 0 Å². The molecule has 0 amide bonds. The van der Waals surface area contributed by atoms with Crippen molar-refractivity contribution in [1.82, 2.24) is 15.5 Å². The number of hydrogen-bond acceptors (Lipinski definition) is 3. The molecule has 2 aliphatic rings. The quantitative estimate of drug-likeness (QED) is 0.418. The van der Waals surface area contributed by atoms with E-state index in [1.807, 2.05) is 7.05 Å². The summed E-state index contributed by atoms with van der Waals surface area (Å²) in [6.45, 7) is 9.20. The lowest BCUT2D eigenvalue weighted by Gasteiger charge is -2.38. The molecule has 2 unspecified atom stereocenters. The molecule has 6 heteroatoms. The average Bonchev–Trinajstić information content (AvgIpc) is 3.23. The standard InChI is InChI=1S/C14H28N4O.HI/c1-11(18-6-7-19-10-12(18)2)8-16-14(15-3)17-9-13-4-5-13;/h11-13H,4-10H2,1-3H3,(H2,15,16,17);1H. The fourth-order valence-corrected chi connectivity index (χ4v) is 2.54. The van der Waals surface area contributed by atoms with Crippen molar-refractivity contribution in [2.24, 2.45) is 10.9 Å². The molecule has 2 atom stereocenters. The fraction of sp³-hybridized carbons (Fsp3) is 0.929. The van der Waals surface area contributed by atoms with Gasteiger partial charge in [0.05, 0.1) is 13.2 Å². The Labute approximate surface area is 139 Å². The first-order chi connectivity index (χ1) is 9.20. The minimum absolute atomic E-state index is 0. The van der Waals surface area contributed by atoms with Crippen molar-refractivity contribution >= 4 is 29.9 Å². The van der Waals surface area contributed by atoms with Crippen LogP contribution in [-0.2, 0) is 4.74 Å². The highest BCUT2D eigenvalue weighted by Crippen LogP contribution is 2.27. The summed E-state index contributed by atoms with van der Waals surface area (Å²) in [6, 6.07) is 1.00. The summed E-state index contributed by atoms with van der Waals surface area (Å²) in [5, 5.41) is 6.82. The highest BCUT2D eigenvalue weighted by molar-refractivity contribution is 14.0. The third-order valence-electron chi connectivity index (χ3n) is 4.03. The first-order valence-corrected chi connectivity index (χ1v) is 7.48. The minimum atomic E-state index is 0. The van der Waals surface area contributed by atoms with Crippen molar-refractivity contribution in [2.75, 3.05) is 39.9 Å². The summed E-state index contributed by atoms with van der Waals surface area (Å²) in [6.07, 6.45) is 2.73. The summed E-state index contributed by atoms with van der Waals surface area (Å²) < 4.78 is 5.48. The predicted molar refractivity (Wildman–Crippen MR) is 94.0 cm³/mol. The van der Waals surface area contributed by atoms with Crippen LogP contribution in [-0.4, -0.2) is 62.8 Å². The first-order valence-electron chi connectivity index (χ1n) is 7.48. The number of guanidine groups is 1. The van der Waals surface area contributed by atoms with E-state index in [-0.39, 0.29) is 24.0 Å². The van der Waals surface area contributed by atoms with E-state index in [1.54, 1.807) is 0 Å². The molecule has 0 spiro atoms. The Hall–Kier alpha value is -0.0800. The Morgan fingerprint density at radius 2 is 2.15 bits per heavy atom. The smallest absolute Gasteiger partial charge is 0.191 e. The van der Waals surface area contributed by atoms with Gasteiger partial charge in [-0.1, -0.05) is 0 Å². The Bertz CT molecular complexity index is 310. The number of hydrogen-bond donors (Lipinski definition) is 2. The molecule has 5 nitrogen and oxygen atoms in total. The molecule has 0 bridgehead atoms. The lowest BCUT2D eigenvalue weighted by atomic mass is 10.2. The van der Waals surface area contributed by atoms with Gasteiger partial charge in [-0.05, 0) is 32.6 Å². The third kappa shape index (κ3) is 5.73. The second-order valence-electron chi connectivity index (χ2n) is 5.79. The number of morpholine rings is 1. The maximum absolute atomic E-state index is 5.48. The number of nitrogens with zero attached hydrogens (tertiary/aromatic N) is 2. The van der Waals surface area contributed by atoms with E-state index < -0.39 is 0 Å². The molecule has 1 heterocycles. The van der Waals surface area contributed by atoms with Crippen molar-refractivity contribution in [3.05, 3.63) is 0 Å². The molecular formula is C14H29IN4O. The van der Waals surface area contributed by atoms with Crippen LogP contribution < -0.4 is 10.6 Å². The second kappa shape index (κ2) is 9.04. The largest absolute Gasteiger partial charge is 0.379 e. The van der Waals surface area contributed by atoms with E-state index in [0.29, 0.717) is 12.1 Å². The van der Waals surface area contributed by atoms with Crippen LogP contribution in [0.25, 0.3) is 0 Å². The lowest BCUT2D eigenvalue weighted by Crippen LogP contribution is -2.53. The summed E-state index contributed by atoms with van der Waals surface area (Å²) in [7, 11) is 1.84. The zero-order chi connectivity index (χ0) is 13.7. The van der Waals surface area contributed by atoms with E-state index in [2.05, 4.69) is 34.4 Å². The topological polar surface area (TPSA) is 48.9 Å². The van der Waals surface area contributed by atoms with Gasteiger partial charge in [0.25, 0.3) is 0 Å². The maximum Gasteiger partial charge on any atom is 0.191 e. The van der Waals surface area contributed by atoms with Crippen molar-refractivity contribution in [3.63, 3.8) is 0 Å². The molecule has 1 aliphatic heterocycles. The average molecular weight is 396 g/mol. The van der Waals surface area contributed by atoms with Gasteiger partial charge in [0.15, 0.2) is 5.96 Å². The minimum Gasteiger partial charge on any atom is -0.379 e. The highest BCUT2D eigenvalue weighted by atomic mass is 127. The van der Waals surface area contributed by atoms with Gasteiger partial charge in [-0.2, -0.15) is 0 Å². The van der Waals surface area contributed by atoms with Crippen molar-refractivity contribution in [2.45, 2.75) is 38.8 Å². The van der Waals surface area contributed by atoms with Crippen LogP contribution in [0.15, 0.2) is 4.99 Å². The summed E-state index contributed by atoms with van der Waals surface area (Å²) in [4.78, 5) is 6.78. The lowest BCUT2D eigenvalue weighted by molar-refractivity contribution is -0.0174. The summed E-state index contributed by atoms with van der Waals surface area (Å²) in [5.74, 6) is 1.80. The van der Waals surface area contributed by atoms with E-state index in [4.69, 9.17) is 4.74 Å². The molecule has 0 aromatic heterocycles. The van der Waals surface area contributed by atoms with Gasteiger partial charge in [0.2, 0.25) is 0 Å². The number of aliphatic imine (C=N–C) groups is 1. The van der Waals surface area contributed by atoms with Gasteiger partial charge in [-0.25, -0.2) is 0 Å². The van der Waals surface area contributed by atoms with Gasteiger partial charge >= 0.3 is 0 Å². The number of nitrogens with one attached hydrogen (secondary N) is 2. The van der Waals surface area contributed by atoms with Crippen LogP contribution in [0.4, 0.5) is 0 Å². The van der Waals surface area contributed by atoms with Gasteiger partial charge < -0.3 is 15.4 Å². The molecule has 118 valence electrons. The van der Waals surface area contributed by atoms with Gasteiger partial charge in [-0.3, -0.25) is 9.89 Å². The van der Waals surface area contributed by atoms with E-state index in [9.17, 15) is 0 Å². The number of halogens is 1. The summed E-state index contributed by atoms with van der Waals surface area (Å²) >= 11 is 0. The first kappa shape index (κ1) is 18.0. The number of rotatable bonds is 5. The maximum atomic E-state index is 5.48. The molecular weight excluding hydrogens is 367 g/mol. The molecule has 1 aliphatic carbocycles. The zero-order valence-corrected chi connectivity index (χ0v) is 15.2. The molecule has 20 heavy (non-hydrogen) atoms. The predicted octanol–water partition coefficient (Wildman–Crippen LogP) is 1.29. The molecule has 0 aromatic rings. The van der Waals surface area contributed by atoms with Crippen LogP contribution in [0.2, 0.25) is 0 Å². The van der Waals surface area contributed by atoms with E-state index >= 15 is 0 Å². The zero-order valence-electron chi connectivity index (χ0n) is 12.9. The van der Waals surface area contributed by atoms with Gasteiger partial charge in [-0.15, -0.1) is 24.0 Å². The normalized spacial score (nSPS) is 25.8. The Kier molecular flexibility index (Phi) is 8.13. The van der Waals surface area contributed by atoms with Crippen molar-refractivity contribution < 1.29 is 4.74 Å². The van der Waals surface area contributed by atoms with Gasteiger partial charge in [0.1, 0.15) is 0 Å². The van der Waals surface area contributed by atoms with Crippen LogP contribution in [0.1, 0.15) is 26.7 Å². The Morgan fingerprint density at radius 3 is 2.75 bits per heavy atom. The van der Waals surface area contributed by atoms with Crippen LogP contribution in [0.5, 0.6) is 0 Å². The van der Waals surface area contributed by atoms with Crippen LogP contribution in [0, 0.1) is 5.92 Å². The van der Waals surface area contributed by atoms with Gasteiger partial charge in [0, 0.05) is 38.8 Å². The van der Waals surface area contributed by atoms with Crippen molar-refractivity contribution in [3.8, 4) is 0 Å². The SMILES string of the molecule is CN=C(NCC1CC1)NCC(C)N1CCOCC1C.I. The Morgan fingerprint density at radius 1 is 1.40 bits per heavy atom. The highest BCUT2D eigenvalue weighted by Gasteiger charge is 2.24. The second-order valence-corrected chi connectivity index (χ2v) is 5.79. The molecule has 2 fully saturated rings. The van der Waals surface area contributed by atoms with E-state index in [1.165, 1.54) is 12.8 Å². The molecule has 0 aromatic carbocycles.